The van der Waals surface area contributed by atoms with Crippen LogP contribution in [0.3, 0.4) is 0 Å². The summed E-state index contributed by atoms with van der Waals surface area (Å²) in [5, 5.41) is 13.8. The maximum absolute atomic E-state index is 13.6. The van der Waals surface area contributed by atoms with Gasteiger partial charge in [0.15, 0.2) is 11.5 Å². The first-order valence-corrected chi connectivity index (χ1v) is 14.8. The number of rotatable bonds is 12. The number of nitrogens with one attached hydrogen (secondary N) is 1. The zero-order valence-electron chi connectivity index (χ0n) is 24.6. The number of fused-ring (bicyclic) bond motifs is 1. The molecule has 2 aliphatic rings. The van der Waals surface area contributed by atoms with Gasteiger partial charge in [0, 0.05) is 37.9 Å². The smallest absolute Gasteiger partial charge is 0.309 e. The maximum atomic E-state index is 13.6. The summed E-state index contributed by atoms with van der Waals surface area (Å²) in [5.41, 5.74) is 5.96. The van der Waals surface area contributed by atoms with E-state index in [1.165, 1.54) is 5.56 Å². The first-order chi connectivity index (χ1) is 20.4. The highest BCUT2D eigenvalue weighted by Gasteiger charge is 2.48. The van der Waals surface area contributed by atoms with Crippen molar-refractivity contribution in [2.24, 2.45) is 5.92 Å². The molecule has 1 fully saturated rings. The van der Waals surface area contributed by atoms with E-state index in [1.807, 2.05) is 53.4 Å². The van der Waals surface area contributed by atoms with Gasteiger partial charge in [0.2, 0.25) is 12.7 Å². The van der Waals surface area contributed by atoms with Crippen molar-refractivity contribution < 1.29 is 28.9 Å². The number of ether oxygens (including phenoxy) is 3. The van der Waals surface area contributed by atoms with Crippen molar-refractivity contribution in [3.63, 3.8) is 0 Å². The number of anilines is 1. The quantitative estimate of drug-likeness (QED) is 0.273. The predicted octanol–water partition coefficient (Wildman–Crippen LogP) is 5.60. The normalized spacial score (nSPS) is 19.6. The van der Waals surface area contributed by atoms with Crippen LogP contribution in [0.4, 0.5) is 5.69 Å². The lowest BCUT2D eigenvalue weighted by molar-refractivity contribution is -0.143. The van der Waals surface area contributed by atoms with Crippen LogP contribution in [0.2, 0.25) is 0 Å². The zero-order valence-corrected chi connectivity index (χ0v) is 24.6. The molecule has 42 heavy (non-hydrogen) atoms. The summed E-state index contributed by atoms with van der Waals surface area (Å²) in [6.45, 7) is 5.48. The van der Waals surface area contributed by atoms with E-state index in [9.17, 15) is 14.7 Å². The second kappa shape index (κ2) is 13.4. The van der Waals surface area contributed by atoms with E-state index in [0.717, 1.165) is 53.6 Å². The monoisotopic (exact) mass is 572 g/mol. The number of para-hydroxylation sites is 1. The Morgan fingerprint density at radius 1 is 0.976 bits per heavy atom. The third kappa shape index (κ3) is 6.30. The molecule has 2 heterocycles. The molecular weight excluding hydrogens is 532 g/mol. The summed E-state index contributed by atoms with van der Waals surface area (Å²) in [7, 11) is 1.69. The number of aliphatic carboxylic acids is 1. The van der Waals surface area contributed by atoms with Crippen molar-refractivity contribution in [3.8, 4) is 11.5 Å². The number of hydrogen-bond donors (Lipinski definition) is 2. The Labute approximate surface area is 247 Å². The fourth-order valence-corrected chi connectivity index (χ4v) is 6.34. The lowest BCUT2D eigenvalue weighted by Gasteiger charge is -2.27. The first kappa shape index (κ1) is 29.6. The molecule has 8 nitrogen and oxygen atoms in total. The van der Waals surface area contributed by atoms with Crippen molar-refractivity contribution in [3.05, 3.63) is 88.5 Å². The van der Waals surface area contributed by atoms with Gasteiger partial charge >= 0.3 is 5.97 Å². The fourth-order valence-electron chi connectivity index (χ4n) is 6.34. The minimum atomic E-state index is -0.889. The van der Waals surface area contributed by atoms with Crippen LogP contribution in [-0.4, -0.2) is 55.5 Å². The van der Waals surface area contributed by atoms with E-state index >= 15 is 0 Å². The van der Waals surface area contributed by atoms with Gasteiger partial charge < -0.3 is 24.6 Å². The average molecular weight is 573 g/mol. The number of benzene rings is 3. The summed E-state index contributed by atoms with van der Waals surface area (Å²) in [5.74, 6) is -0.867. The van der Waals surface area contributed by atoms with Crippen molar-refractivity contribution in [2.45, 2.75) is 51.5 Å². The lowest BCUT2D eigenvalue weighted by atomic mass is 9.82. The van der Waals surface area contributed by atoms with Gasteiger partial charge in [0.25, 0.3) is 0 Å². The van der Waals surface area contributed by atoms with Crippen LogP contribution < -0.4 is 14.8 Å². The highest BCUT2D eigenvalue weighted by atomic mass is 16.7. The highest BCUT2D eigenvalue weighted by Crippen LogP contribution is 2.47. The van der Waals surface area contributed by atoms with Gasteiger partial charge in [-0.15, -0.1) is 0 Å². The molecule has 0 aliphatic carbocycles. The molecular formula is C34H40N2O6. The van der Waals surface area contributed by atoms with Gasteiger partial charge in [-0.2, -0.15) is 0 Å². The Morgan fingerprint density at radius 3 is 2.33 bits per heavy atom. The number of methoxy groups -OCH3 is 1. The van der Waals surface area contributed by atoms with Crippen LogP contribution in [0.5, 0.6) is 11.5 Å². The first-order valence-electron chi connectivity index (χ1n) is 14.8. The van der Waals surface area contributed by atoms with Crippen molar-refractivity contribution >= 4 is 17.6 Å². The topological polar surface area (TPSA) is 97.3 Å². The predicted molar refractivity (Wildman–Crippen MR) is 161 cm³/mol. The lowest BCUT2D eigenvalue weighted by Crippen LogP contribution is -2.35. The number of carboxylic acid groups (broad SMARTS) is 1. The van der Waals surface area contributed by atoms with Gasteiger partial charge in [-0.1, -0.05) is 62.4 Å². The van der Waals surface area contributed by atoms with E-state index < -0.39 is 17.9 Å². The zero-order chi connectivity index (χ0) is 29.6. The Balaban J connectivity index is 1.46. The minimum absolute atomic E-state index is 0.0757. The summed E-state index contributed by atoms with van der Waals surface area (Å²) in [6.07, 6.45) is 3.40. The van der Waals surface area contributed by atoms with Gasteiger partial charge in [-0.05, 0) is 65.6 Å². The molecule has 3 aromatic rings. The molecule has 8 heteroatoms. The van der Waals surface area contributed by atoms with Crippen LogP contribution in [0, 0.1) is 5.92 Å². The van der Waals surface area contributed by atoms with E-state index in [0.29, 0.717) is 24.7 Å². The molecule has 1 amide bonds. The summed E-state index contributed by atoms with van der Waals surface area (Å²) in [6, 6.07) is 19.4. The number of carboxylic acids is 1. The Morgan fingerprint density at radius 2 is 1.67 bits per heavy atom. The van der Waals surface area contributed by atoms with Crippen LogP contribution in [0.25, 0.3) is 0 Å². The molecule has 0 aromatic heterocycles. The molecule has 1 saturated heterocycles. The number of likely N-dealkylation sites (tertiary alicyclic amines) is 1. The maximum Gasteiger partial charge on any atom is 0.309 e. The Hall–Kier alpha value is -3.88. The standard InChI is InChI=1S/C34H40N2O6/c1-4-23-9-6-10-24(5-2)32(23)35-30(37)20-36-19-27(26-15-16-28-29(18-26)42-21-41-28)31(34(38)39)33(36)25-13-11-22(12-14-25)8-7-17-40-3/h6,9-16,18,27,31,33H,4-5,7-8,17,19-21H2,1-3H3,(H,35,37)(H,38,39)/t27-,31+,33-/m1/s1. The summed E-state index contributed by atoms with van der Waals surface area (Å²) in [4.78, 5) is 28.6. The van der Waals surface area contributed by atoms with Crippen molar-refractivity contribution in [1.29, 1.82) is 0 Å². The van der Waals surface area contributed by atoms with Crippen LogP contribution >= 0.6 is 0 Å². The number of hydrogen-bond acceptors (Lipinski definition) is 6. The largest absolute Gasteiger partial charge is 0.481 e. The van der Waals surface area contributed by atoms with Crippen molar-refractivity contribution in [2.75, 3.05) is 38.9 Å². The Bertz CT molecular complexity index is 1380. The summed E-state index contributed by atoms with van der Waals surface area (Å²) >= 11 is 0. The van der Waals surface area contributed by atoms with Gasteiger partial charge in [-0.3, -0.25) is 14.5 Å². The van der Waals surface area contributed by atoms with E-state index in [4.69, 9.17) is 14.2 Å². The van der Waals surface area contributed by atoms with Crippen LogP contribution in [-0.2, 0) is 33.6 Å². The van der Waals surface area contributed by atoms with E-state index in [2.05, 4.69) is 31.3 Å². The van der Waals surface area contributed by atoms with E-state index in [1.54, 1.807) is 7.11 Å². The van der Waals surface area contributed by atoms with Crippen LogP contribution in [0.1, 0.15) is 60.0 Å². The Kier molecular flexibility index (Phi) is 9.45. The molecule has 0 bridgehead atoms. The fraction of sp³-hybridized carbons (Fsp3) is 0.412. The molecule has 0 spiro atoms. The SMILES string of the molecule is CCc1cccc(CC)c1NC(=O)CN1C[C@H](c2ccc3c(c2)OCO3)[C@H](C(=O)O)[C@H]1c1ccc(CCCOC)cc1. The minimum Gasteiger partial charge on any atom is -0.481 e. The summed E-state index contributed by atoms with van der Waals surface area (Å²) < 4.78 is 16.3. The molecule has 3 aromatic carbocycles. The molecule has 5 rings (SSSR count). The molecule has 0 saturated carbocycles. The molecule has 3 atom stereocenters. The second-order valence-corrected chi connectivity index (χ2v) is 11.0. The number of carbonyl (C=O) groups excluding carboxylic acids is 1. The number of carbonyl (C=O) groups is 2. The molecule has 0 unspecified atom stereocenters. The van der Waals surface area contributed by atoms with Gasteiger partial charge in [0.05, 0.1) is 12.5 Å². The molecule has 0 radical (unpaired) electrons. The van der Waals surface area contributed by atoms with E-state index in [-0.39, 0.29) is 25.2 Å². The third-order valence-electron chi connectivity index (χ3n) is 8.45. The number of aryl methyl sites for hydroxylation is 3. The van der Waals surface area contributed by atoms with Crippen LogP contribution in [0.15, 0.2) is 60.7 Å². The molecule has 222 valence electrons. The van der Waals surface area contributed by atoms with Gasteiger partial charge in [0.1, 0.15) is 0 Å². The van der Waals surface area contributed by atoms with Crippen molar-refractivity contribution in [1.82, 2.24) is 4.90 Å². The number of amides is 1. The molecule has 2 aliphatic heterocycles. The average Bonchev–Trinajstić information content (AvgIpc) is 3.62. The van der Waals surface area contributed by atoms with Gasteiger partial charge in [-0.25, -0.2) is 0 Å². The number of nitrogens with zero attached hydrogens (tertiary/aromatic N) is 1. The molecule has 2 N–H and O–H groups in total. The third-order valence-corrected chi connectivity index (χ3v) is 8.45. The highest BCUT2D eigenvalue weighted by molar-refractivity contribution is 5.94. The second-order valence-electron chi connectivity index (χ2n) is 11.0.